The smallest absolute Gasteiger partial charge is 0.226 e. The predicted octanol–water partition coefficient (Wildman–Crippen LogP) is 1.52. The first-order chi connectivity index (χ1) is 9.58. The van der Waals surface area contributed by atoms with E-state index in [1.54, 1.807) is 19.0 Å². The number of amides is 1. The van der Waals surface area contributed by atoms with Gasteiger partial charge < -0.3 is 10.0 Å². The minimum atomic E-state index is -0.482. The third-order valence-corrected chi connectivity index (χ3v) is 3.91. The molecule has 4 nitrogen and oxygen atoms in total. The summed E-state index contributed by atoms with van der Waals surface area (Å²) in [6.45, 7) is 2.31. The Morgan fingerprint density at radius 3 is 2.75 bits per heavy atom. The van der Waals surface area contributed by atoms with Crippen LogP contribution in [0.1, 0.15) is 24.5 Å². The lowest BCUT2D eigenvalue weighted by Crippen LogP contribution is -2.43. The Kier molecular flexibility index (Phi) is 5.15. The van der Waals surface area contributed by atoms with Crippen molar-refractivity contribution in [3.05, 3.63) is 35.9 Å². The van der Waals surface area contributed by atoms with E-state index in [2.05, 4.69) is 4.90 Å². The molecule has 0 aromatic heterocycles. The number of carbonyl (C=O) groups is 1. The van der Waals surface area contributed by atoms with E-state index in [0.29, 0.717) is 6.54 Å². The molecule has 20 heavy (non-hydrogen) atoms. The van der Waals surface area contributed by atoms with Crippen LogP contribution in [0.5, 0.6) is 0 Å². The summed E-state index contributed by atoms with van der Waals surface area (Å²) >= 11 is 0. The number of likely N-dealkylation sites (tertiary alicyclic amines) is 1. The van der Waals surface area contributed by atoms with Crippen molar-refractivity contribution in [1.29, 1.82) is 0 Å². The molecule has 1 aliphatic heterocycles. The number of rotatable bonds is 4. The molecule has 1 aliphatic rings. The van der Waals surface area contributed by atoms with Gasteiger partial charge in [-0.3, -0.25) is 9.69 Å². The van der Waals surface area contributed by atoms with Crippen molar-refractivity contribution in [1.82, 2.24) is 9.80 Å². The number of β-amino-alcohol motifs (C(OH)–C–C–N with tert-alkyl or cyclic N) is 1. The van der Waals surface area contributed by atoms with E-state index >= 15 is 0 Å². The largest absolute Gasteiger partial charge is 0.387 e. The van der Waals surface area contributed by atoms with Gasteiger partial charge >= 0.3 is 0 Å². The number of benzene rings is 1. The molecule has 110 valence electrons. The molecular formula is C16H24N2O2. The minimum Gasteiger partial charge on any atom is -0.387 e. The van der Waals surface area contributed by atoms with Gasteiger partial charge in [0.05, 0.1) is 12.0 Å². The molecule has 4 heteroatoms. The van der Waals surface area contributed by atoms with Crippen LogP contribution in [0.3, 0.4) is 0 Å². The van der Waals surface area contributed by atoms with Crippen LogP contribution >= 0.6 is 0 Å². The molecule has 2 rings (SSSR count). The molecule has 1 N–H and O–H groups in total. The lowest BCUT2D eigenvalue weighted by atomic mass is 9.96. The van der Waals surface area contributed by atoms with Gasteiger partial charge in [-0.2, -0.15) is 0 Å². The molecule has 1 amide bonds. The fourth-order valence-electron chi connectivity index (χ4n) is 2.81. The molecular weight excluding hydrogens is 252 g/mol. The van der Waals surface area contributed by atoms with Crippen LogP contribution in [0.15, 0.2) is 30.3 Å². The van der Waals surface area contributed by atoms with Gasteiger partial charge in [0.1, 0.15) is 0 Å². The van der Waals surface area contributed by atoms with Crippen molar-refractivity contribution in [2.45, 2.75) is 18.9 Å². The molecule has 0 bridgehead atoms. The number of hydrogen-bond donors (Lipinski definition) is 1. The number of nitrogens with zero attached hydrogens (tertiary/aromatic N) is 2. The standard InChI is InChI=1S/C16H24N2O2/c1-17(2)16(20)14-9-6-10-18(11-14)12-15(19)13-7-4-3-5-8-13/h3-5,7-8,14-15,19H,6,9-12H2,1-2H3. The van der Waals surface area contributed by atoms with Gasteiger partial charge in [0.2, 0.25) is 5.91 Å². The summed E-state index contributed by atoms with van der Waals surface area (Å²) in [4.78, 5) is 15.9. The molecule has 1 fully saturated rings. The van der Waals surface area contributed by atoms with Crippen LogP contribution in [-0.2, 0) is 4.79 Å². The van der Waals surface area contributed by atoms with Crippen LogP contribution in [-0.4, -0.2) is 54.5 Å². The maximum atomic E-state index is 12.0. The highest BCUT2D eigenvalue weighted by atomic mass is 16.3. The summed E-state index contributed by atoms with van der Waals surface area (Å²) in [7, 11) is 3.61. The number of aliphatic hydroxyl groups excluding tert-OH is 1. The third-order valence-electron chi connectivity index (χ3n) is 3.91. The van der Waals surface area contributed by atoms with Crippen LogP contribution < -0.4 is 0 Å². The van der Waals surface area contributed by atoms with E-state index < -0.39 is 6.10 Å². The van der Waals surface area contributed by atoms with Gasteiger partial charge in [0.25, 0.3) is 0 Å². The molecule has 1 aromatic rings. The normalized spacial score (nSPS) is 21.4. The fraction of sp³-hybridized carbons (Fsp3) is 0.562. The SMILES string of the molecule is CN(C)C(=O)C1CCCN(CC(O)c2ccccc2)C1. The Hall–Kier alpha value is -1.39. The minimum absolute atomic E-state index is 0.0710. The van der Waals surface area contributed by atoms with E-state index in [1.807, 2.05) is 30.3 Å². The van der Waals surface area contributed by atoms with Crippen LogP contribution in [0.25, 0.3) is 0 Å². The summed E-state index contributed by atoms with van der Waals surface area (Å²) in [5, 5.41) is 10.3. The first-order valence-electron chi connectivity index (χ1n) is 7.24. The van der Waals surface area contributed by atoms with Crippen molar-refractivity contribution in [2.24, 2.45) is 5.92 Å². The number of carbonyl (C=O) groups excluding carboxylic acids is 1. The molecule has 0 aliphatic carbocycles. The molecule has 0 spiro atoms. The van der Waals surface area contributed by atoms with Crippen molar-refractivity contribution >= 4 is 5.91 Å². The Morgan fingerprint density at radius 1 is 1.40 bits per heavy atom. The Balaban J connectivity index is 1.91. The molecule has 0 radical (unpaired) electrons. The van der Waals surface area contributed by atoms with Crippen LogP contribution in [0.4, 0.5) is 0 Å². The van der Waals surface area contributed by atoms with Gasteiger partial charge in [0, 0.05) is 27.2 Å². The molecule has 2 unspecified atom stereocenters. The summed E-state index contributed by atoms with van der Waals surface area (Å²) in [6.07, 6.45) is 1.49. The van der Waals surface area contributed by atoms with Crippen molar-refractivity contribution < 1.29 is 9.90 Å². The fourth-order valence-corrected chi connectivity index (χ4v) is 2.81. The zero-order valence-corrected chi connectivity index (χ0v) is 12.3. The Bertz CT molecular complexity index is 433. The third kappa shape index (κ3) is 3.81. The summed E-state index contributed by atoms with van der Waals surface area (Å²) in [6, 6.07) is 9.71. The van der Waals surface area contributed by atoms with Crippen molar-refractivity contribution in [3.63, 3.8) is 0 Å². The lowest BCUT2D eigenvalue weighted by Gasteiger charge is -2.34. The zero-order chi connectivity index (χ0) is 14.5. The zero-order valence-electron chi connectivity index (χ0n) is 12.3. The highest BCUT2D eigenvalue weighted by Gasteiger charge is 2.27. The molecule has 1 heterocycles. The highest BCUT2D eigenvalue weighted by molar-refractivity contribution is 5.78. The van der Waals surface area contributed by atoms with E-state index in [-0.39, 0.29) is 11.8 Å². The summed E-state index contributed by atoms with van der Waals surface area (Å²) < 4.78 is 0. The first-order valence-corrected chi connectivity index (χ1v) is 7.24. The first kappa shape index (κ1) is 15.0. The molecule has 1 aromatic carbocycles. The number of aliphatic hydroxyl groups is 1. The monoisotopic (exact) mass is 276 g/mol. The van der Waals surface area contributed by atoms with E-state index in [9.17, 15) is 9.90 Å². The Morgan fingerprint density at radius 2 is 2.10 bits per heavy atom. The predicted molar refractivity (Wildman–Crippen MR) is 79.3 cm³/mol. The topological polar surface area (TPSA) is 43.8 Å². The van der Waals surface area contributed by atoms with Crippen molar-refractivity contribution in [3.8, 4) is 0 Å². The van der Waals surface area contributed by atoms with E-state index in [0.717, 1.165) is 31.5 Å². The second-order valence-corrected chi connectivity index (χ2v) is 5.76. The maximum absolute atomic E-state index is 12.0. The maximum Gasteiger partial charge on any atom is 0.226 e. The second kappa shape index (κ2) is 6.86. The van der Waals surface area contributed by atoms with E-state index in [1.165, 1.54) is 0 Å². The summed E-state index contributed by atoms with van der Waals surface area (Å²) in [5.41, 5.74) is 0.938. The van der Waals surface area contributed by atoms with Gasteiger partial charge in [-0.05, 0) is 24.9 Å². The average molecular weight is 276 g/mol. The molecule has 1 saturated heterocycles. The van der Waals surface area contributed by atoms with Gasteiger partial charge in [-0.15, -0.1) is 0 Å². The average Bonchev–Trinajstić information content (AvgIpc) is 2.47. The molecule has 2 atom stereocenters. The van der Waals surface area contributed by atoms with E-state index in [4.69, 9.17) is 0 Å². The van der Waals surface area contributed by atoms with Crippen LogP contribution in [0, 0.1) is 5.92 Å². The number of piperidine rings is 1. The quantitative estimate of drug-likeness (QED) is 0.907. The van der Waals surface area contributed by atoms with Gasteiger partial charge in [-0.1, -0.05) is 30.3 Å². The lowest BCUT2D eigenvalue weighted by molar-refractivity contribution is -0.134. The highest BCUT2D eigenvalue weighted by Crippen LogP contribution is 2.21. The van der Waals surface area contributed by atoms with Gasteiger partial charge in [-0.25, -0.2) is 0 Å². The second-order valence-electron chi connectivity index (χ2n) is 5.76. The summed E-state index contributed by atoms with van der Waals surface area (Å²) in [5.74, 6) is 0.269. The number of hydrogen-bond acceptors (Lipinski definition) is 3. The Labute approximate surface area is 121 Å². The van der Waals surface area contributed by atoms with Crippen LogP contribution in [0.2, 0.25) is 0 Å². The van der Waals surface area contributed by atoms with Gasteiger partial charge in [0.15, 0.2) is 0 Å². The van der Waals surface area contributed by atoms with Crippen molar-refractivity contribution in [2.75, 3.05) is 33.7 Å². The molecule has 0 saturated carbocycles.